The normalized spacial score (nSPS) is 45.7. The number of hydrogen-bond donors (Lipinski definition) is 0. The standard InChI is InChI=1S/C20H19NO2/c22-18-16-14-10-20(9-11-6-7-13(14)15(20)8-11)17(16)19(23)21(18)12-4-2-1-3-5-12/h1-6,13-17H,7-10H2. The van der Waals surface area contributed by atoms with Gasteiger partial charge < -0.3 is 0 Å². The van der Waals surface area contributed by atoms with E-state index in [2.05, 4.69) is 6.08 Å². The van der Waals surface area contributed by atoms with Gasteiger partial charge in [0, 0.05) is 0 Å². The molecule has 3 saturated carbocycles. The van der Waals surface area contributed by atoms with Gasteiger partial charge in [0.05, 0.1) is 17.5 Å². The predicted octanol–water partition coefficient (Wildman–Crippen LogP) is 3.17. The number of amides is 2. The number of para-hydroxylation sites is 1. The van der Waals surface area contributed by atoms with E-state index in [1.54, 1.807) is 5.57 Å². The fourth-order valence-electron chi connectivity index (χ4n) is 7.02. The van der Waals surface area contributed by atoms with Crippen LogP contribution in [0.15, 0.2) is 42.0 Å². The monoisotopic (exact) mass is 305 g/mol. The highest BCUT2D eigenvalue weighted by molar-refractivity contribution is 6.22. The summed E-state index contributed by atoms with van der Waals surface area (Å²) in [6.45, 7) is 0. The van der Waals surface area contributed by atoms with Crippen molar-refractivity contribution >= 4 is 17.5 Å². The number of hydrogen-bond acceptors (Lipinski definition) is 2. The Bertz CT molecular complexity index is 782. The Morgan fingerprint density at radius 1 is 1.04 bits per heavy atom. The molecule has 0 N–H and O–H groups in total. The Morgan fingerprint density at radius 3 is 2.70 bits per heavy atom. The molecule has 116 valence electrons. The molecule has 4 bridgehead atoms. The van der Waals surface area contributed by atoms with E-state index in [0.717, 1.165) is 24.9 Å². The van der Waals surface area contributed by atoms with Gasteiger partial charge in [-0.2, -0.15) is 0 Å². The van der Waals surface area contributed by atoms with Crippen molar-refractivity contribution in [3.05, 3.63) is 42.0 Å². The number of imide groups is 1. The summed E-state index contributed by atoms with van der Waals surface area (Å²) in [6, 6.07) is 9.51. The molecule has 6 atom stereocenters. The van der Waals surface area contributed by atoms with Gasteiger partial charge in [-0.25, -0.2) is 0 Å². The summed E-state index contributed by atoms with van der Waals surface area (Å²) in [5.74, 6) is 1.82. The summed E-state index contributed by atoms with van der Waals surface area (Å²) in [6.07, 6.45) is 6.95. The third-order valence-corrected chi connectivity index (χ3v) is 7.58. The summed E-state index contributed by atoms with van der Waals surface area (Å²) < 4.78 is 0. The number of rotatable bonds is 1. The predicted molar refractivity (Wildman–Crippen MR) is 85.4 cm³/mol. The molecule has 5 aliphatic rings. The molecular weight excluding hydrogens is 286 g/mol. The van der Waals surface area contributed by atoms with Gasteiger partial charge in [-0.15, -0.1) is 0 Å². The average Bonchev–Trinajstić information content (AvgIpc) is 3.22. The van der Waals surface area contributed by atoms with Crippen LogP contribution < -0.4 is 4.90 Å². The molecule has 6 rings (SSSR count). The lowest BCUT2D eigenvalue weighted by Crippen LogP contribution is -2.41. The van der Waals surface area contributed by atoms with Gasteiger partial charge in [0.15, 0.2) is 0 Å². The molecule has 4 aliphatic carbocycles. The summed E-state index contributed by atoms with van der Waals surface area (Å²) in [5.41, 5.74) is 2.42. The Kier molecular flexibility index (Phi) is 2.05. The van der Waals surface area contributed by atoms with Crippen LogP contribution in [0.25, 0.3) is 0 Å². The number of nitrogens with zero attached hydrogens (tertiary/aromatic N) is 1. The van der Waals surface area contributed by atoms with Crippen molar-refractivity contribution in [3.8, 4) is 0 Å². The Hall–Kier alpha value is -1.90. The number of fused-ring (bicyclic) bond motifs is 5. The second-order valence-corrected chi connectivity index (χ2v) is 8.20. The first-order valence-corrected chi connectivity index (χ1v) is 8.81. The van der Waals surface area contributed by atoms with Crippen LogP contribution in [-0.2, 0) is 9.59 Å². The van der Waals surface area contributed by atoms with Gasteiger partial charge in [-0.05, 0) is 61.0 Å². The van der Waals surface area contributed by atoms with E-state index < -0.39 is 0 Å². The maximum Gasteiger partial charge on any atom is 0.238 e. The fraction of sp³-hybridized carbons (Fsp3) is 0.500. The molecule has 0 radical (unpaired) electrons. The van der Waals surface area contributed by atoms with E-state index in [1.807, 2.05) is 30.3 Å². The zero-order chi connectivity index (χ0) is 15.3. The maximum atomic E-state index is 13.2. The van der Waals surface area contributed by atoms with E-state index in [0.29, 0.717) is 17.8 Å². The van der Waals surface area contributed by atoms with Crippen molar-refractivity contribution in [3.63, 3.8) is 0 Å². The fourth-order valence-corrected chi connectivity index (χ4v) is 7.02. The molecule has 0 aromatic heterocycles. The zero-order valence-electron chi connectivity index (χ0n) is 12.9. The lowest BCUT2D eigenvalue weighted by Gasteiger charge is -2.39. The van der Waals surface area contributed by atoms with Crippen LogP contribution in [0.5, 0.6) is 0 Å². The van der Waals surface area contributed by atoms with Crippen molar-refractivity contribution < 1.29 is 9.59 Å². The molecular formula is C20H19NO2. The molecule has 1 spiro atoms. The van der Waals surface area contributed by atoms with Crippen molar-refractivity contribution in [2.24, 2.45) is 35.0 Å². The molecule has 23 heavy (non-hydrogen) atoms. The summed E-state index contributed by atoms with van der Waals surface area (Å²) in [7, 11) is 0. The van der Waals surface area contributed by atoms with Crippen LogP contribution in [-0.4, -0.2) is 11.8 Å². The van der Waals surface area contributed by atoms with E-state index >= 15 is 0 Å². The molecule has 3 nitrogen and oxygen atoms in total. The van der Waals surface area contributed by atoms with Crippen molar-refractivity contribution in [1.82, 2.24) is 0 Å². The van der Waals surface area contributed by atoms with Gasteiger partial charge in [-0.1, -0.05) is 29.8 Å². The van der Waals surface area contributed by atoms with Crippen LogP contribution in [0, 0.1) is 35.0 Å². The molecule has 1 aliphatic heterocycles. The number of allylic oxidation sites excluding steroid dienone is 2. The maximum absolute atomic E-state index is 13.2. The van der Waals surface area contributed by atoms with Gasteiger partial charge in [0.2, 0.25) is 11.8 Å². The van der Waals surface area contributed by atoms with Gasteiger partial charge >= 0.3 is 0 Å². The Labute approximate surface area is 135 Å². The third kappa shape index (κ3) is 1.23. The smallest absolute Gasteiger partial charge is 0.238 e. The molecule has 3 heteroatoms. The largest absolute Gasteiger partial charge is 0.274 e. The second kappa shape index (κ2) is 3.77. The summed E-state index contributed by atoms with van der Waals surface area (Å²) >= 11 is 0. The zero-order valence-corrected chi connectivity index (χ0v) is 12.9. The van der Waals surface area contributed by atoms with Crippen LogP contribution in [0.1, 0.15) is 25.7 Å². The van der Waals surface area contributed by atoms with Gasteiger partial charge in [0.25, 0.3) is 0 Å². The molecule has 2 amide bonds. The van der Waals surface area contributed by atoms with Crippen LogP contribution >= 0.6 is 0 Å². The van der Waals surface area contributed by atoms with Gasteiger partial charge in [0.1, 0.15) is 0 Å². The minimum absolute atomic E-state index is 0.0465. The van der Waals surface area contributed by atoms with Crippen LogP contribution in [0.4, 0.5) is 5.69 Å². The quantitative estimate of drug-likeness (QED) is 0.590. The SMILES string of the molecule is O=C1C2C3CC4(CC5=CCC3C4C5)C2C(=O)N1c1ccccc1. The molecule has 1 aromatic carbocycles. The first-order chi connectivity index (χ1) is 11.2. The second-order valence-electron chi connectivity index (χ2n) is 8.20. The van der Waals surface area contributed by atoms with E-state index in [4.69, 9.17) is 0 Å². The average molecular weight is 305 g/mol. The Morgan fingerprint density at radius 2 is 1.87 bits per heavy atom. The lowest BCUT2D eigenvalue weighted by atomic mass is 9.62. The van der Waals surface area contributed by atoms with Crippen LogP contribution in [0.2, 0.25) is 0 Å². The molecule has 1 saturated heterocycles. The van der Waals surface area contributed by atoms with Crippen molar-refractivity contribution in [1.29, 1.82) is 0 Å². The third-order valence-electron chi connectivity index (χ3n) is 7.58. The van der Waals surface area contributed by atoms with E-state index in [-0.39, 0.29) is 29.1 Å². The Balaban J connectivity index is 1.50. The number of carbonyl (C=O) groups excluding carboxylic acids is 2. The highest BCUT2D eigenvalue weighted by Gasteiger charge is 2.75. The number of benzene rings is 1. The highest BCUT2D eigenvalue weighted by atomic mass is 16.2. The number of carbonyl (C=O) groups is 2. The van der Waals surface area contributed by atoms with Crippen molar-refractivity contribution in [2.45, 2.75) is 25.7 Å². The van der Waals surface area contributed by atoms with Crippen molar-refractivity contribution in [2.75, 3.05) is 4.90 Å². The van der Waals surface area contributed by atoms with E-state index in [9.17, 15) is 9.59 Å². The van der Waals surface area contributed by atoms with Crippen LogP contribution in [0.3, 0.4) is 0 Å². The first kappa shape index (κ1) is 12.5. The van der Waals surface area contributed by atoms with E-state index in [1.165, 1.54) is 11.3 Å². The van der Waals surface area contributed by atoms with Gasteiger partial charge in [-0.3, -0.25) is 14.5 Å². The minimum Gasteiger partial charge on any atom is -0.274 e. The minimum atomic E-state index is -0.0505. The lowest BCUT2D eigenvalue weighted by molar-refractivity contribution is -0.126. The topological polar surface area (TPSA) is 37.4 Å². The number of anilines is 1. The summed E-state index contributed by atoms with van der Waals surface area (Å²) in [5, 5.41) is 0. The molecule has 4 fully saturated rings. The molecule has 1 heterocycles. The first-order valence-electron chi connectivity index (χ1n) is 8.81. The summed E-state index contributed by atoms with van der Waals surface area (Å²) in [4.78, 5) is 27.9. The highest BCUT2D eigenvalue weighted by Crippen LogP contribution is 2.76. The molecule has 6 unspecified atom stereocenters. The molecule has 1 aromatic rings.